The zero-order valence-corrected chi connectivity index (χ0v) is 17.4. The lowest BCUT2D eigenvalue weighted by molar-refractivity contribution is 0.0944. The summed E-state index contributed by atoms with van der Waals surface area (Å²) in [6.45, 7) is 12.7. The van der Waals surface area contributed by atoms with Crippen LogP contribution < -0.4 is 15.5 Å². The normalized spacial score (nSPS) is 10.6. The average Bonchev–Trinajstić information content (AvgIpc) is 2.69. The number of rotatable bonds is 8. The lowest BCUT2D eigenvalue weighted by Gasteiger charge is -2.22. The summed E-state index contributed by atoms with van der Waals surface area (Å²) in [5.74, 6) is -0.195. The molecule has 0 radical (unpaired) electrons. The Morgan fingerprint density at radius 1 is 1.07 bits per heavy atom. The van der Waals surface area contributed by atoms with Crippen LogP contribution in [0.4, 0.5) is 11.4 Å². The van der Waals surface area contributed by atoms with E-state index in [-0.39, 0.29) is 17.5 Å². The van der Waals surface area contributed by atoms with Crippen LogP contribution in [0.25, 0.3) is 0 Å². The minimum absolute atomic E-state index is 0.238. The number of nitrogens with zero attached hydrogens (tertiary/aromatic N) is 2. The molecule has 28 heavy (non-hydrogen) atoms. The highest BCUT2D eigenvalue weighted by atomic mass is 16.2. The van der Waals surface area contributed by atoms with Crippen LogP contribution in [0.5, 0.6) is 0 Å². The maximum absolute atomic E-state index is 12.7. The topological polar surface area (TPSA) is 74.3 Å². The molecule has 2 N–H and O–H groups in total. The van der Waals surface area contributed by atoms with Gasteiger partial charge in [-0.2, -0.15) is 0 Å². The van der Waals surface area contributed by atoms with Crippen LogP contribution in [-0.2, 0) is 0 Å². The molecule has 0 unspecified atom stereocenters. The van der Waals surface area contributed by atoms with E-state index in [9.17, 15) is 9.59 Å². The number of carbonyl (C=O) groups is 2. The summed E-state index contributed by atoms with van der Waals surface area (Å²) >= 11 is 0. The molecule has 2 aromatic rings. The van der Waals surface area contributed by atoms with Crippen LogP contribution in [0, 0.1) is 12.8 Å². The highest BCUT2D eigenvalue weighted by Crippen LogP contribution is 2.23. The molecule has 1 aromatic heterocycles. The number of benzene rings is 1. The van der Waals surface area contributed by atoms with E-state index < -0.39 is 0 Å². The van der Waals surface area contributed by atoms with E-state index in [2.05, 4.69) is 40.4 Å². The number of carbonyl (C=O) groups excluding carboxylic acids is 2. The SMILES string of the molecule is CCN(CC)c1ccc(NC(=O)c2ccnc(C(=O)NCC(C)C)c2)c(C)c1. The Balaban J connectivity index is 2.13. The Kier molecular flexibility index (Phi) is 7.55. The molecule has 0 atom stereocenters. The van der Waals surface area contributed by atoms with E-state index in [1.807, 2.05) is 32.9 Å². The molecular weight excluding hydrogens is 352 g/mol. The van der Waals surface area contributed by atoms with Crippen molar-refractivity contribution in [1.82, 2.24) is 10.3 Å². The van der Waals surface area contributed by atoms with Crippen molar-refractivity contribution >= 4 is 23.2 Å². The summed E-state index contributed by atoms with van der Waals surface area (Å²) in [4.78, 5) is 31.2. The van der Waals surface area contributed by atoms with Crippen molar-refractivity contribution in [2.75, 3.05) is 29.9 Å². The first-order valence-electron chi connectivity index (χ1n) is 9.76. The number of pyridine rings is 1. The Hall–Kier alpha value is -2.89. The molecule has 0 saturated carbocycles. The average molecular weight is 383 g/mol. The fourth-order valence-corrected chi connectivity index (χ4v) is 2.85. The van der Waals surface area contributed by atoms with Gasteiger partial charge in [-0.25, -0.2) is 0 Å². The summed E-state index contributed by atoms with van der Waals surface area (Å²) in [5, 5.41) is 5.74. The monoisotopic (exact) mass is 382 g/mol. The van der Waals surface area contributed by atoms with Gasteiger partial charge < -0.3 is 15.5 Å². The summed E-state index contributed by atoms with van der Waals surface area (Å²) < 4.78 is 0. The minimum atomic E-state index is -0.275. The number of anilines is 2. The Morgan fingerprint density at radius 3 is 2.39 bits per heavy atom. The largest absolute Gasteiger partial charge is 0.372 e. The first kappa shape index (κ1) is 21.4. The number of aromatic nitrogens is 1. The zero-order chi connectivity index (χ0) is 20.7. The van der Waals surface area contributed by atoms with E-state index in [1.165, 1.54) is 12.3 Å². The van der Waals surface area contributed by atoms with Crippen LogP contribution in [0.2, 0.25) is 0 Å². The summed E-state index contributed by atoms with van der Waals surface area (Å²) in [5.41, 5.74) is 3.51. The molecule has 2 amide bonds. The van der Waals surface area contributed by atoms with Crippen molar-refractivity contribution in [3.05, 3.63) is 53.3 Å². The quantitative estimate of drug-likeness (QED) is 0.727. The molecule has 0 aliphatic heterocycles. The highest BCUT2D eigenvalue weighted by molar-refractivity contribution is 6.06. The standard InChI is InChI=1S/C22H30N4O2/c1-6-26(7-2)18-8-9-19(16(5)12-18)25-21(27)17-10-11-23-20(13-17)22(28)24-14-15(3)4/h8-13,15H,6-7,14H2,1-5H3,(H,24,28)(H,25,27). The second kappa shape index (κ2) is 9.88. The molecule has 0 fully saturated rings. The third-order valence-electron chi connectivity index (χ3n) is 4.51. The molecule has 0 aliphatic rings. The Morgan fingerprint density at radius 2 is 1.79 bits per heavy atom. The predicted molar refractivity (Wildman–Crippen MR) is 114 cm³/mol. The third-order valence-corrected chi connectivity index (χ3v) is 4.51. The van der Waals surface area contributed by atoms with Gasteiger partial charge in [-0.3, -0.25) is 14.6 Å². The van der Waals surface area contributed by atoms with E-state index >= 15 is 0 Å². The van der Waals surface area contributed by atoms with E-state index in [0.29, 0.717) is 18.0 Å². The number of hydrogen-bond donors (Lipinski definition) is 2. The van der Waals surface area contributed by atoms with Gasteiger partial charge in [0.15, 0.2) is 0 Å². The van der Waals surface area contributed by atoms with Gasteiger partial charge in [0.1, 0.15) is 5.69 Å². The van der Waals surface area contributed by atoms with E-state index in [4.69, 9.17) is 0 Å². The molecule has 6 heteroatoms. The molecule has 6 nitrogen and oxygen atoms in total. The summed E-state index contributed by atoms with van der Waals surface area (Å²) in [6.07, 6.45) is 1.48. The Bertz CT molecular complexity index is 829. The van der Waals surface area contributed by atoms with Crippen LogP contribution >= 0.6 is 0 Å². The van der Waals surface area contributed by atoms with Gasteiger partial charge in [0.2, 0.25) is 0 Å². The van der Waals surface area contributed by atoms with Crippen molar-refractivity contribution in [1.29, 1.82) is 0 Å². The smallest absolute Gasteiger partial charge is 0.269 e. The second-order valence-corrected chi connectivity index (χ2v) is 7.16. The maximum atomic E-state index is 12.7. The molecule has 0 aliphatic carbocycles. The first-order chi connectivity index (χ1) is 13.3. The minimum Gasteiger partial charge on any atom is -0.372 e. The zero-order valence-electron chi connectivity index (χ0n) is 17.4. The lowest BCUT2D eigenvalue weighted by Crippen LogP contribution is -2.28. The van der Waals surface area contributed by atoms with E-state index in [0.717, 1.165) is 30.0 Å². The maximum Gasteiger partial charge on any atom is 0.269 e. The summed E-state index contributed by atoms with van der Waals surface area (Å²) in [7, 11) is 0. The van der Waals surface area contributed by atoms with Crippen LogP contribution in [-0.4, -0.2) is 36.4 Å². The van der Waals surface area contributed by atoms with Gasteiger partial charge in [0.25, 0.3) is 11.8 Å². The predicted octanol–water partition coefficient (Wildman–Crippen LogP) is 3.87. The Labute approximate surface area is 167 Å². The highest BCUT2D eigenvalue weighted by Gasteiger charge is 2.13. The van der Waals surface area contributed by atoms with Crippen molar-refractivity contribution in [3.8, 4) is 0 Å². The number of hydrogen-bond acceptors (Lipinski definition) is 4. The number of amides is 2. The molecular formula is C22H30N4O2. The van der Waals surface area contributed by atoms with Gasteiger partial charge in [0.05, 0.1) is 0 Å². The van der Waals surface area contributed by atoms with Gasteiger partial charge in [-0.05, 0) is 62.6 Å². The van der Waals surface area contributed by atoms with Crippen LogP contribution in [0.3, 0.4) is 0 Å². The van der Waals surface area contributed by atoms with Crippen molar-refractivity contribution in [3.63, 3.8) is 0 Å². The molecule has 1 aromatic carbocycles. The van der Waals surface area contributed by atoms with Gasteiger partial charge in [0, 0.05) is 42.8 Å². The van der Waals surface area contributed by atoms with E-state index in [1.54, 1.807) is 6.07 Å². The third kappa shape index (κ3) is 5.55. The lowest BCUT2D eigenvalue weighted by atomic mass is 10.1. The molecule has 150 valence electrons. The van der Waals surface area contributed by atoms with Crippen LogP contribution in [0.1, 0.15) is 54.1 Å². The molecule has 0 bridgehead atoms. The van der Waals surface area contributed by atoms with Gasteiger partial charge in [-0.1, -0.05) is 13.8 Å². The fourth-order valence-electron chi connectivity index (χ4n) is 2.85. The molecule has 1 heterocycles. The van der Waals surface area contributed by atoms with Gasteiger partial charge in [-0.15, -0.1) is 0 Å². The van der Waals surface area contributed by atoms with Crippen LogP contribution in [0.15, 0.2) is 36.5 Å². The summed E-state index contributed by atoms with van der Waals surface area (Å²) in [6, 6.07) is 9.12. The van der Waals surface area contributed by atoms with Crippen molar-refractivity contribution in [2.45, 2.75) is 34.6 Å². The molecule has 0 saturated heterocycles. The second-order valence-electron chi connectivity index (χ2n) is 7.16. The fraction of sp³-hybridized carbons (Fsp3) is 0.409. The molecule has 0 spiro atoms. The molecule has 2 rings (SSSR count). The van der Waals surface area contributed by atoms with Gasteiger partial charge >= 0.3 is 0 Å². The van der Waals surface area contributed by atoms with Crippen molar-refractivity contribution in [2.24, 2.45) is 5.92 Å². The first-order valence-corrected chi connectivity index (χ1v) is 9.76. The van der Waals surface area contributed by atoms with Crippen molar-refractivity contribution < 1.29 is 9.59 Å². The number of aryl methyl sites for hydroxylation is 1. The number of nitrogens with one attached hydrogen (secondary N) is 2.